The zero-order valence-corrected chi connectivity index (χ0v) is 12.2. The fraction of sp³-hybridized carbons (Fsp3) is 0.100. The van der Waals surface area contributed by atoms with E-state index < -0.39 is 6.43 Å². The van der Waals surface area contributed by atoms with Crippen LogP contribution >= 0.6 is 38.9 Å². The second-order valence-corrected chi connectivity index (χ2v) is 5.92. The molecule has 4 nitrogen and oxygen atoms in total. The Morgan fingerprint density at radius 1 is 1.37 bits per heavy atom. The predicted molar refractivity (Wildman–Crippen MR) is 71.8 cm³/mol. The van der Waals surface area contributed by atoms with E-state index in [9.17, 15) is 8.78 Å². The molecule has 0 saturated carbocycles. The molecule has 0 aliphatic carbocycles. The van der Waals surface area contributed by atoms with Gasteiger partial charge in [-0.25, -0.2) is 13.8 Å². The first-order valence-electron chi connectivity index (χ1n) is 5.00. The van der Waals surface area contributed by atoms with Gasteiger partial charge in [0.15, 0.2) is 15.7 Å². The Morgan fingerprint density at radius 3 is 2.84 bits per heavy atom. The van der Waals surface area contributed by atoms with Crippen molar-refractivity contribution in [1.82, 2.24) is 19.6 Å². The summed E-state index contributed by atoms with van der Waals surface area (Å²) in [5, 5.41) is 7.73. The number of imidazole rings is 1. The summed E-state index contributed by atoms with van der Waals surface area (Å²) in [4.78, 5) is 4.15. The van der Waals surface area contributed by atoms with Crippen molar-refractivity contribution in [2.24, 2.45) is 0 Å². The van der Waals surface area contributed by atoms with E-state index >= 15 is 0 Å². The standard InChI is InChI=1S/C10H4BrClF2N4S/c11-4-1-5(12)8-15-2-6(18(8)3-4)9-16-17-10(19-9)7(13)14/h1-3,7H. The highest BCUT2D eigenvalue weighted by Gasteiger charge is 2.18. The van der Waals surface area contributed by atoms with E-state index in [0.717, 1.165) is 15.8 Å². The third-order valence-corrected chi connectivity index (χ3v) is 4.04. The average molecular weight is 366 g/mol. The minimum Gasteiger partial charge on any atom is -0.295 e. The monoisotopic (exact) mass is 364 g/mol. The highest BCUT2D eigenvalue weighted by molar-refractivity contribution is 9.10. The molecule has 9 heteroatoms. The normalized spacial score (nSPS) is 11.6. The van der Waals surface area contributed by atoms with Gasteiger partial charge < -0.3 is 0 Å². The predicted octanol–water partition coefficient (Wildman–Crippen LogP) is 4.21. The molecule has 0 aromatic carbocycles. The number of alkyl halides is 2. The molecule has 19 heavy (non-hydrogen) atoms. The van der Waals surface area contributed by atoms with Gasteiger partial charge in [0.25, 0.3) is 6.43 Å². The summed E-state index contributed by atoms with van der Waals surface area (Å²) in [5.74, 6) is 0. The van der Waals surface area contributed by atoms with Crippen LogP contribution in [0.1, 0.15) is 11.4 Å². The van der Waals surface area contributed by atoms with Gasteiger partial charge in [-0.1, -0.05) is 22.9 Å². The Morgan fingerprint density at radius 2 is 2.16 bits per heavy atom. The number of fused-ring (bicyclic) bond motifs is 1. The van der Waals surface area contributed by atoms with E-state index in [1.54, 1.807) is 16.7 Å². The van der Waals surface area contributed by atoms with Crippen LogP contribution in [-0.4, -0.2) is 19.6 Å². The third-order valence-electron chi connectivity index (χ3n) is 2.37. The highest BCUT2D eigenvalue weighted by atomic mass is 79.9. The van der Waals surface area contributed by atoms with Crippen LogP contribution in [0.3, 0.4) is 0 Å². The van der Waals surface area contributed by atoms with Gasteiger partial charge in [0.05, 0.1) is 11.2 Å². The lowest BCUT2D eigenvalue weighted by molar-refractivity contribution is 0.150. The molecule has 0 aliphatic rings. The molecule has 98 valence electrons. The Kier molecular flexibility index (Phi) is 3.23. The summed E-state index contributed by atoms with van der Waals surface area (Å²) in [6, 6.07) is 1.71. The molecule has 0 spiro atoms. The van der Waals surface area contributed by atoms with Crippen molar-refractivity contribution < 1.29 is 8.78 Å². The molecule has 3 rings (SSSR count). The van der Waals surface area contributed by atoms with Gasteiger partial charge in [-0.05, 0) is 22.0 Å². The van der Waals surface area contributed by atoms with Crippen LogP contribution in [0.4, 0.5) is 8.78 Å². The smallest absolute Gasteiger partial charge is 0.291 e. The quantitative estimate of drug-likeness (QED) is 0.683. The number of pyridine rings is 1. The number of hydrogen-bond acceptors (Lipinski definition) is 4. The molecule has 0 atom stereocenters. The molecule has 3 aromatic heterocycles. The maximum absolute atomic E-state index is 12.5. The Bertz CT molecular complexity index is 757. The summed E-state index contributed by atoms with van der Waals surface area (Å²) in [7, 11) is 0. The molecule has 0 amide bonds. The Labute approximate surface area is 123 Å². The van der Waals surface area contributed by atoms with Gasteiger partial charge in [0.1, 0.15) is 5.69 Å². The fourth-order valence-electron chi connectivity index (χ4n) is 1.60. The summed E-state index contributed by atoms with van der Waals surface area (Å²) >= 11 is 10.2. The maximum atomic E-state index is 12.5. The van der Waals surface area contributed by atoms with Crippen LogP contribution in [-0.2, 0) is 0 Å². The molecular weight excluding hydrogens is 362 g/mol. The van der Waals surface area contributed by atoms with Gasteiger partial charge in [-0.2, -0.15) is 0 Å². The van der Waals surface area contributed by atoms with Crippen LogP contribution in [0.2, 0.25) is 5.02 Å². The third kappa shape index (κ3) is 2.24. The van der Waals surface area contributed by atoms with Gasteiger partial charge in [-0.3, -0.25) is 4.40 Å². The molecule has 3 aromatic rings. The van der Waals surface area contributed by atoms with E-state index in [0.29, 0.717) is 21.4 Å². The first-order valence-corrected chi connectivity index (χ1v) is 6.99. The average Bonchev–Trinajstić information content (AvgIpc) is 2.93. The summed E-state index contributed by atoms with van der Waals surface area (Å²) in [6.45, 7) is 0. The molecule has 0 fully saturated rings. The van der Waals surface area contributed by atoms with Crippen molar-refractivity contribution in [3.63, 3.8) is 0 Å². The van der Waals surface area contributed by atoms with Crippen LogP contribution in [0.25, 0.3) is 16.3 Å². The lowest BCUT2D eigenvalue weighted by Crippen LogP contribution is -1.89. The van der Waals surface area contributed by atoms with Crippen LogP contribution in [0, 0.1) is 0 Å². The summed E-state index contributed by atoms with van der Waals surface area (Å²) in [5.41, 5.74) is 1.11. The fourth-order valence-corrected chi connectivity index (χ4v) is 3.13. The number of hydrogen-bond donors (Lipinski definition) is 0. The lowest BCUT2D eigenvalue weighted by Gasteiger charge is -2.00. The molecule has 3 heterocycles. The van der Waals surface area contributed by atoms with E-state index in [2.05, 4.69) is 31.1 Å². The van der Waals surface area contributed by atoms with Crippen LogP contribution in [0.15, 0.2) is 22.9 Å². The van der Waals surface area contributed by atoms with E-state index in [1.165, 1.54) is 6.20 Å². The summed E-state index contributed by atoms with van der Waals surface area (Å²) < 4.78 is 27.5. The maximum Gasteiger partial charge on any atom is 0.291 e. The first kappa shape index (κ1) is 12.9. The Hall–Kier alpha value is -1.12. The van der Waals surface area contributed by atoms with Crippen LogP contribution < -0.4 is 0 Å². The van der Waals surface area contributed by atoms with E-state index in [-0.39, 0.29) is 5.01 Å². The van der Waals surface area contributed by atoms with Crippen molar-refractivity contribution in [3.05, 3.63) is 33.0 Å². The summed E-state index contributed by atoms with van der Waals surface area (Å²) in [6.07, 6.45) is 0.650. The zero-order chi connectivity index (χ0) is 13.6. The molecule has 0 saturated heterocycles. The van der Waals surface area contributed by atoms with Crippen molar-refractivity contribution in [2.75, 3.05) is 0 Å². The second kappa shape index (κ2) is 4.77. The highest BCUT2D eigenvalue weighted by Crippen LogP contribution is 2.31. The SMILES string of the molecule is FC(F)c1nnc(-c2cnc3c(Cl)cc(Br)cn23)s1. The molecule has 0 bridgehead atoms. The molecular formula is C10H4BrClF2N4S. The van der Waals surface area contributed by atoms with E-state index in [1.807, 2.05) is 0 Å². The lowest BCUT2D eigenvalue weighted by atomic mass is 10.4. The van der Waals surface area contributed by atoms with Gasteiger partial charge in [-0.15, -0.1) is 10.2 Å². The first-order chi connectivity index (χ1) is 9.06. The zero-order valence-electron chi connectivity index (χ0n) is 9.02. The topological polar surface area (TPSA) is 43.1 Å². The molecule has 0 radical (unpaired) electrons. The Balaban J connectivity index is 2.19. The van der Waals surface area contributed by atoms with Gasteiger partial charge in [0.2, 0.25) is 0 Å². The van der Waals surface area contributed by atoms with Crippen LogP contribution in [0.5, 0.6) is 0 Å². The largest absolute Gasteiger partial charge is 0.295 e. The molecule has 0 N–H and O–H groups in total. The van der Waals surface area contributed by atoms with Crippen molar-refractivity contribution in [2.45, 2.75) is 6.43 Å². The minimum atomic E-state index is -2.62. The van der Waals surface area contributed by atoms with Crippen molar-refractivity contribution >= 4 is 44.5 Å². The number of halogens is 4. The second-order valence-electron chi connectivity index (χ2n) is 3.59. The van der Waals surface area contributed by atoms with Crippen molar-refractivity contribution in [1.29, 1.82) is 0 Å². The van der Waals surface area contributed by atoms with Crippen molar-refractivity contribution in [3.8, 4) is 10.7 Å². The molecule has 0 aliphatic heterocycles. The number of rotatable bonds is 2. The van der Waals surface area contributed by atoms with Gasteiger partial charge in [0, 0.05) is 10.7 Å². The molecule has 0 unspecified atom stereocenters. The number of aromatic nitrogens is 4. The van der Waals surface area contributed by atoms with Gasteiger partial charge >= 0.3 is 0 Å². The van der Waals surface area contributed by atoms with E-state index in [4.69, 9.17) is 11.6 Å². The minimum absolute atomic E-state index is 0.314. The number of nitrogens with zero attached hydrogens (tertiary/aromatic N) is 4.